The van der Waals surface area contributed by atoms with E-state index in [0.717, 1.165) is 64.2 Å². The Labute approximate surface area is 358 Å². The van der Waals surface area contributed by atoms with Crippen LogP contribution in [0.5, 0.6) is 0 Å². The summed E-state index contributed by atoms with van der Waals surface area (Å²) in [7, 11) is -9.01. The zero-order chi connectivity index (χ0) is 34.5. The van der Waals surface area contributed by atoms with Crippen LogP contribution in [0.25, 0.3) is 0 Å². The van der Waals surface area contributed by atoms with Gasteiger partial charge in [-0.2, -0.15) is 18.7 Å². The number of phosphoric acid groups is 2. The minimum absolute atomic E-state index is 0. The molecule has 0 heterocycles. The Morgan fingerprint density at radius 2 is 0.542 bits per heavy atom. The van der Waals surface area contributed by atoms with Crippen molar-refractivity contribution in [3.05, 3.63) is 0 Å². The summed E-state index contributed by atoms with van der Waals surface area (Å²) in [4.78, 5) is 40.7. The first-order valence-corrected chi connectivity index (χ1v) is 21.0. The van der Waals surface area contributed by atoms with Gasteiger partial charge in [0, 0.05) is 0 Å². The fraction of sp³-hybridized carbons (Fsp3) is 1.00. The first kappa shape index (κ1) is 57.4. The van der Waals surface area contributed by atoms with Crippen LogP contribution in [0, 0.1) is 0 Å². The molecule has 0 bridgehead atoms. The largest absolute Gasteiger partial charge is 1.00 e. The standard InChI is InChI=1S/2C16H35O6P.K.Na/c2*1-3-5-7-8-9-10-11-12-13-14-16-20-22-23(17,18)21-19-15-6-4-2;;/h2*3-16H2,1-2H3,(H,17,18);;/q;;2*+1/p-2. The first-order valence-electron chi connectivity index (χ1n) is 18.1. The monoisotopic (exact) mass is 768 g/mol. The molecular weight excluding hydrogens is 700 g/mol. The van der Waals surface area contributed by atoms with Gasteiger partial charge in [-0.25, -0.2) is 19.6 Å². The Morgan fingerprint density at radius 1 is 0.354 bits per heavy atom. The molecular formula is C32H68KNaO12P2. The average Bonchev–Trinajstić information content (AvgIpc) is 3.03. The summed E-state index contributed by atoms with van der Waals surface area (Å²) in [6.07, 6.45) is 27.3. The topological polar surface area (TPSA) is 154 Å². The van der Waals surface area contributed by atoms with Crippen LogP contribution in [0.3, 0.4) is 0 Å². The van der Waals surface area contributed by atoms with Crippen molar-refractivity contribution in [1.29, 1.82) is 0 Å². The van der Waals surface area contributed by atoms with Crippen molar-refractivity contribution < 1.29 is 138 Å². The van der Waals surface area contributed by atoms with Gasteiger partial charge >= 0.3 is 96.6 Å². The van der Waals surface area contributed by atoms with E-state index in [4.69, 9.17) is 0 Å². The van der Waals surface area contributed by atoms with Crippen LogP contribution in [-0.2, 0) is 47.4 Å². The van der Waals surface area contributed by atoms with Crippen molar-refractivity contribution in [1.82, 2.24) is 0 Å². The fourth-order valence-electron chi connectivity index (χ4n) is 4.14. The number of rotatable bonds is 36. The van der Waals surface area contributed by atoms with E-state index < -0.39 is 15.6 Å². The van der Waals surface area contributed by atoms with E-state index in [9.17, 15) is 18.9 Å². The van der Waals surface area contributed by atoms with Crippen LogP contribution in [0.4, 0.5) is 0 Å². The Morgan fingerprint density at radius 3 is 0.771 bits per heavy atom. The number of hydrogen-bond acceptors (Lipinski definition) is 12. The maximum atomic E-state index is 11.2. The molecule has 0 saturated carbocycles. The Bertz CT molecular complexity index is 645. The molecule has 0 aromatic rings. The van der Waals surface area contributed by atoms with Crippen molar-refractivity contribution in [2.45, 2.75) is 182 Å². The van der Waals surface area contributed by atoms with E-state index >= 15 is 0 Å². The molecule has 12 nitrogen and oxygen atoms in total. The van der Waals surface area contributed by atoms with Crippen molar-refractivity contribution in [3.63, 3.8) is 0 Å². The van der Waals surface area contributed by atoms with Gasteiger partial charge in [0.2, 0.25) is 0 Å². The minimum Gasteiger partial charge on any atom is -0.753 e. The van der Waals surface area contributed by atoms with Crippen LogP contribution in [0.2, 0.25) is 0 Å². The Balaban J connectivity index is -0.000000387. The Kier molecular flexibility index (Phi) is 54.9. The minimum atomic E-state index is -4.51. The molecule has 0 saturated heterocycles. The van der Waals surface area contributed by atoms with Crippen molar-refractivity contribution >= 4 is 15.6 Å². The van der Waals surface area contributed by atoms with Gasteiger partial charge in [0.05, 0.1) is 26.4 Å². The van der Waals surface area contributed by atoms with Gasteiger partial charge in [0.1, 0.15) is 0 Å². The van der Waals surface area contributed by atoms with E-state index in [-0.39, 0.29) is 107 Å². The quantitative estimate of drug-likeness (QED) is 0.0296. The molecule has 280 valence electrons. The maximum absolute atomic E-state index is 11.2. The second kappa shape index (κ2) is 45.9. The van der Waals surface area contributed by atoms with Crippen molar-refractivity contribution in [3.8, 4) is 0 Å². The molecule has 48 heavy (non-hydrogen) atoms. The van der Waals surface area contributed by atoms with Gasteiger partial charge in [-0.05, 0) is 25.7 Å². The summed E-state index contributed by atoms with van der Waals surface area (Å²) < 4.78 is 39.3. The third kappa shape index (κ3) is 50.8. The molecule has 0 aromatic carbocycles. The zero-order valence-corrected chi connectivity index (χ0v) is 38.5. The average molecular weight is 769 g/mol. The third-order valence-electron chi connectivity index (χ3n) is 6.90. The smallest absolute Gasteiger partial charge is 0.753 e. The molecule has 0 radical (unpaired) electrons. The van der Waals surface area contributed by atoms with E-state index in [1.54, 1.807) is 0 Å². The van der Waals surface area contributed by atoms with Gasteiger partial charge in [0.25, 0.3) is 0 Å². The number of unbranched alkanes of at least 4 members (excludes halogenated alkanes) is 20. The SMILES string of the molecule is CCCCCCCCCCCCOOP(=O)([O-])OOCCCC.CCCCCCCCCCCCOOP(=O)([O-])OOCCCC.[K+].[Na+]. The fourth-order valence-corrected chi connectivity index (χ4v) is 5.00. The zero-order valence-electron chi connectivity index (χ0n) is 31.6. The summed E-state index contributed by atoms with van der Waals surface area (Å²) in [6, 6.07) is 0. The molecule has 0 fully saturated rings. The summed E-state index contributed by atoms with van der Waals surface area (Å²) in [5.74, 6) is 0. The van der Waals surface area contributed by atoms with Crippen LogP contribution in [0.15, 0.2) is 0 Å². The number of hydrogen-bond donors (Lipinski definition) is 0. The second-order valence-electron chi connectivity index (χ2n) is 11.6. The summed E-state index contributed by atoms with van der Waals surface area (Å²) in [5, 5.41) is 0. The summed E-state index contributed by atoms with van der Waals surface area (Å²) in [6.45, 7) is 9.28. The van der Waals surface area contributed by atoms with E-state index in [2.05, 4.69) is 52.1 Å². The van der Waals surface area contributed by atoms with Gasteiger partial charge < -0.3 is 9.79 Å². The molecule has 0 aliphatic heterocycles. The van der Waals surface area contributed by atoms with Crippen LogP contribution in [0.1, 0.15) is 182 Å². The van der Waals surface area contributed by atoms with Crippen LogP contribution >= 0.6 is 15.6 Å². The predicted molar refractivity (Wildman–Crippen MR) is 177 cm³/mol. The van der Waals surface area contributed by atoms with Crippen molar-refractivity contribution in [2.24, 2.45) is 0 Å². The normalized spacial score (nSPS) is 13.5. The molecule has 2 unspecified atom stereocenters. The van der Waals surface area contributed by atoms with Crippen molar-refractivity contribution in [2.75, 3.05) is 26.4 Å². The molecule has 0 N–H and O–H groups in total. The van der Waals surface area contributed by atoms with Crippen LogP contribution in [-0.4, -0.2) is 26.4 Å². The molecule has 0 rings (SSSR count). The molecule has 16 heteroatoms. The molecule has 2 atom stereocenters. The van der Waals surface area contributed by atoms with Gasteiger partial charge in [-0.3, -0.25) is 9.13 Å². The molecule has 0 amide bonds. The molecule has 0 aromatic heterocycles. The Hall–Kier alpha value is 2.70. The maximum Gasteiger partial charge on any atom is 1.00 e. The summed E-state index contributed by atoms with van der Waals surface area (Å²) >= 11 is 0. The molecule has 0 aliphatic carbocycles. The van der Waals surface area contributed by atoms with E-state index in [1.165, 1.54) is 89.9 Å². The summed E-state index contributed by atoms with van der Waals surface area (Å²) in [5.41, 5.74) is 0. The predicted octanol–water partition coefficient (Wildman–Crippen LogP) is 4.15. The van der Waals surface area contributed by atoms with E-state index in [0.29, 0.717) is 0 Å². The second-order valence-corrected chi connectivity index (χ2v) is 13.9. The first-order chi connectivity index (χ1) is 22.2. The third-order valence-corrected chi connectivity index (χ3v) is 8.05. The molecule has 0 spiro atoms. The van der Waals surface area contributed by atoms with Crippen LogP contribution < -0.4 is 90.7 Å². The van der Waals surface area contributed by atoms with Gasteiger partial charge in [0.15, 0.2) is 0 Å². The molecule has 0 aliphatic rings. The van der Waals surface area contributed by atoms with Gasteiger partial charge in [-0.15, -0.1) is 0 Å². The van der Waals surface area contributed by atoms with Gasteiger partial charge in [-0.1, -0.05) is 156 Å². The van der Waals surface area contributed by atoms with E-state index in [1.807, 2.05) is 13.8 Å².